The Morgan fingerprint density at radius 3 is 2.44 bits per heavy atom. The molecule has 0 aromatic heterocycles. The van der Waals surface area contributed by atoms with Crippen LogP contribution in [0.15, 0.2) is 24.3 Å². The summed E-state index contributed by atoms with van der Waals surface area (Å²) in [6, 6.07) is 6.96. The Hall–Kier alpha value is -1.55. The van der Waals surface area contributed by atoms with E-state index in [4.69, 9.17) is 16.2 Å². The zero-order valence-electron chi connectivity index (χ0n) is 9.06. The predicted octanol–water partition coefficient (Wildman–Crippen LogP) is 1.04. The maximum atomic E-state index is 10.9. The lowest BCUT2D eigenvalue weighted by atomic mass is 10.2. The SMILES string of the molecule is NC(=O)c1ccc(OC2CCCC2N)cc1. The number of hydrogen-bond acceptors (Lipinski definition) is 3. The third-order valence-electron chi connectivity index (χ3n) is 2.93. The van der Waals surface area contributed by atoms with Crippen LogP contribution in [0.25, 0.3) is 0 Å². The molecule has 1 aliphatic carbocycles. The minimum Gasteiger partial charge on any atom is -0.489 e. The summed E-state index contributed by atoms with van der Waals surface area (Å²) in [6.45, 7) is 0. The lowest BCUT2D eigenvalue weighted by Crippen LogP contribution is -2.33. The molecule has 0 spiro atoms. The molecule has 1 amide bonds. The van der Waals surface area contributed by atoms with Gasteiger partial charge in [-0.15, -0.1) is 0 Å². The monoisotopic (exact) mass is 220 g/mol. The fraction of sp³-hybridized carbons (Fsp3) is 0.417. The molecule has 16 heavy (non-hydrogen) atoms. The van der Waals surface area contributed by atoms with E-state index >= 15 is 0 Å². The summed E-state index contributed by atoms with van der Waals surface area (Å²) in [7, 11) is 0. The number of benzene rings is 1. The van der Waals surface area contributed by atoms with Crippen molar-refractivity contribution in [2.24, 2.45) is 11.5 Å². The number of carbonyl (C=O) groups excluding carboxylic acids is 1. The molecule has 0 saturated heterocycles. The highest BCUT2D eigenvalue weighted by molar-refractivity contribution is 5.92. The highest BCUT2D eigenvalue weighted by Crippen LogP contribution is 2.23. The number of amides is 1. The number of ether oxygens (including phenoxy) is 1. The van der Waals surface area contributed by atoms with Crippen LogP contribution < -0.4 is 16.2 Å². The van der Waals surface area contributed by atoms with Crippen molar-refractivity contribution in [1.29, 1.82) is 0 Å². The molecule has 0 bridgehead atoms. The third kappa shape index (κ3) is 2.33. The van der Waals surface area contributed by atoms with Gasteiger partial charge in [-0.1, -0.05) is 0 Å². The standard InChI is InChI=1S/C12H16N2O2/c13-10-2-1-3-11(10)16-9-6-4-8(5-7-9)12(14)15/h4-7,10-11H,1-3,13H2,(H2,14,15). The topological polar surface area (TPSA) is 78.3 Å². The van der Waals surface area contributed by atoms with Crippen LogP contribution in [0.5, 0.6) is 5.75 Å². The molecule has 1 aromatic carbocycles. The highest BCUT2D eigenvalue weighted by atomic mass is 16.5. The first-order chi connectivity index (χ1) is 7.66. The van der Waals surface area contributed by atoms with Gasteiger partial charge in [0, 0.05) is 11.6 Å². The Morgan fingerprint density at radius 1 is 1.25 bits per heavy atom. The van der Waals surface area contributed by atoms with Crippen molar-refractivity contribution in [2.75, 3.05) is 0 Å². The Morgan fingerprint density at radius 2 is 1.94 bits per heavy atom. The molecule has 4 N–H and O–H groups in total. The molecular weight excluding hydrogens is 204 g/mol. The van der Waals surface area contributed by atoms with E-state index in [1.54, 1.807) is 24.3 Å². The van der Waals surface area contributed by atoms with Gasteiger partial charge in [0.1, 0.15) is 11.9 Å². The summed E-state index contributed by atoms with van der Waals surface area (Å²) in [5, 5.41) is 0. The normalized spacial score (nSPS) is 24.3. The summed E-state index contributed by atoms with van der Waals surface area (Å²) < 4.78 is 5.75. The zero-order valence-corrected chi connectivity index (χ0v) is 9.06. The highest BCUT2D eigenvalue weighted by Gasteiger charge is 2.25. The van der Waals surface area contributed by atoms with Crippen LogP contribution in [0.2, 0.25) is 0 Å². The Bertz CT molecular complexity index is 375. The van der Waals surface area contributed by atoms with Crippen LogP contribution >= 0.6 is 0 Å². The first-order valence-electron chi connectivity index (χ1n) is 5.49. The molecule has 1 saturated carbocycles. The number of carbonyl (C=O) groups is 1. The second-order valence-corrected chi connectivity index (χ2v) is 4.14. The molecular formula is C12H16N2O2. The van der Waals surface area contributed by atoms with Crippen molar-refractivity contribution in [3.05, 3.63) is 29.8 Å². The number of nitrogens with two attached hydrogens (primary N) is 2. The zero-order chi connectivity index (χ0) is 11.5. The van der Waals surface area contributed by atoms with Gasteiger partial charge in [-0.25, -0.2) is 0 Å². The van der Waals surface area contributed by atoms with Crippen LogP contribution in [0.4, 0.5) is 0 Å². The third-order valence-corrected chi connectivity index (χ3v) is 2.93. The Labute approximate surface area is 94.6 Å². The minimum atomic E-state index is -0.427. The molecule has 2 rings (SSSR count). The van der Waals surface area contributed by atoms with Gasteiger partial charge in [0.15, 0.2) is 0 Å². The van der Waals surface area contributed by atoms with Crippen molar-refractivity contribution >= 4 is 5.91 Å². The van der Waals surface area contributed by atoms with E-state index in [2.05, 4.69) is 0 Å². The molecule has 2 atom stereocenters. The average Bonchev–Trinajstić information content (AvgIpc) is 2.65. The van der Waals surface area contributed by atoms with Crippen LogP contribution in [0.3, 0.4) is 0 Å². The molecule has 1 fully saturated rings. The van der Waals surface area contributed by atoms with Gasteiger partial charge in [-0.05, 0) is 43.5 Å². The Balaban J connectivity index is 2.02. The van der Waals surface area contributed by atoms with Gasteiger partial charge >= 0.3 is 0 Å². The van der Waals surface area contributed by atoms with Crippen molar-refractivity contribution in [3.8, 4) is 5.75 Å². The summed E-state index contributed by atoms with van der Waals surface area (Å²) >= 11 is 0. The van der Waals surface area contributed by atoms with Crippen molar-refractivity contribution in [3.63, 3.8) is 0 Å². The van der Waals surface area contributed by atoms with E-state index in [0.717, 1.165) is 25.0 Å². The van der Waals surface area contributed by atoms with Crippen molar-refractivity contribution in [1.82, 2.24) is 0 Å². The van der Waals surface area contributed by atoms with Gasteiger partial charge < -0.3 is 16.2 Å². The molecule has 2 unspecified atom stereocenters. The van der Waals surface area contributed by atoms with Crippen LogP contribution in [-0.4, -0.2) is 18.1 Å². The van der Waals surface area contributed by atoms with Gasteiger partial charge in [-0.3, -0.25) is 4.79 Å². The second kappa shape index (κ2) is 4.53. The van der Waals surface area contributed by atoms with Gasteiger partial charge in [0.05, 0.1) is 0 Å². The molecule has 0 heterocycles. The van der Waals surface area contributed by atoms with Crippen LogP contribution in [-0.2, 0) is 0 Å². The number of rotatable bonds is 3. The summed E-state index contributed by atoms with van der Waals surface area (Å²) in [5.74, 6) is 0.316. The minimum absolute atomic E-state index is 0.0967. The summed E-state index contributed by atoms with van der Waals surface area (Å²) in [6.07, 6.45) is 3.23. The molecule has 86 valence electrons. The molecule has 4 heteroatoms. The molecule has 1 aromatic rings. The predicted molar refractivity (Wildman–Crippen MR) is 61.2 cm³/mol. The molecule has 0 aliphatic heterocycles. The largest absolute Gasteiger partial charge is 0.489 e. The number of primary amides is 1. The van der Waals surface area contributed by atoms with E-state index in [-0.39, 0.29) is 12.1 Å². The van der Waals surface area contributed by atoms with Gasteiger partial charge in [-0.2, -0.15) is 0 Å². The lowest BCUT2D eigenvalue weighted by molar-refractivity contribution is 0.1000. The maximum absolute atomic E-state index is 10.9. The number of hydrogen-bond donors (Lipinski definition) is 2. The average molecular weight is 220 g/mol. The summed E-state index contributed by atoms with van der Waals surface area (Å²) in [4.78, 5) is 10.9. The van der Waals surface area contributed by atoms with Gasteiger partial charge in [0.2, 0.25) is 5.91 Å². The van der Waals surface area contributed by atoms with Crippen LogP contribution in [0.1, 0.15) is 29.6 Å². The van der Waals surface area contributed by atoms with E-state index < -0.39 is 5.91 Å². The van der Waals surface area contributed by atoms with E-state index in [9.17, 15) is 4.79 Å². The summed E-state index contributed by atoms with van der Waals surface area (Å²) in [5.41, 5.74) is 11.5. The fourth-order valence-electron chi connectivity index (χ4n) is 1.97. The lowest BCUT2D eigenvalue weighted by Gasteiger charge is -2.17. The maximum Gasteiger partial charge on any atom is 0.248 e. The smallest absolute Gasteiger partial charge is 0.248 e. The van der Waals surface area contributed by atoms with E-state index in [1.165, 1.54) is 0 Å². The first-order valence-corrected chi connectivity index (χ1v) is 5.49. The first kappa shape index (κ1) is 11.0. The van der Waals surface area contributed by atoms with Gasteiger partial charge in [0.25, 0.3) is 0 Å². The molecule has 0 radical (unpaired) electrons. The van der Waals surface area contributed by atoms with E-state index in [1.807, 2.05) is 0 Å². The van der Waals surface area contributed by atoms with Crippen molar-refractivity contribution in [2.45, 2.75) is 31.4 Å². The van der Waals surface area contributed by atoms with Crippen LogP contribution in [0, 0.1) is 0 Å². The quantitative estimate of drug-likeness (QED) is 0.799. The second-order valence-electron chi connectivity index (χ2n) is 4.14. The van der Waals surface area contributed by atoms with E-state index in [0.29, 0.717) is 5.56 Å². The molecule has 1 aliphatic rings. The van der Waals surface area contributed by atoms with Crippen molar-refractivity contribution < 1.29 is 9.53 Å². The molecule has 4 nitrogen and oxygen atoms in total. The Kier molecular flexibility index (Phi) is 3.10. The fourth-order valence-corrected chi connectivity index (χ4v) is 1.97.